The normalized spacial score (nSPS) is 12.1. The molecule has 0 aliphatic heterocycles. The molecule has 2 N–H and O–H groups in total. The van der Waals surface area contributed by atoms with Crippen molar-refractivity contribution < 1.29 is 4.74 Å². The Morgan fingerprint density at radius 1 is 1.00 bits per heavy atom. The maximum Gasteiger partial charge on any atom is 0.122 e. The van der Waals surface area contributed by atoms with Gasteiger partial charge in [0.25, 0.3) is 0 Å². The van der Waals surface area contributed by atoms with Crippen LogP contribution in [0.15, 0.2) is 54.6 Å². The van der Waals surface area contributed by atoms with Crippen molar-refractivity contribution >= 4 is 0 Å². The minimum absolute atomic E-state index is 0.203. The van der Waals surface area contributed by atoms with Crippen LogP contribution in [0.1, 0.15) is 24.5 Å². The number of ether oxygens (including phenoxy) is 1. The molecule has 1 atom stereocenters. The summed E-state index contributed by atoms with van der Waals surface area (Å²) < 4.78 is 5.93. The van der Waals surface area contributed by atoms with Crippen LogP contribution in [0, 0.1) is 0 Å². The smallest absolute Gasteiger partial charge is 0.122 e. The van der Waals surface area contributed by atoms with Gasteiger partial charge in [-0.25, -0.2) is 0 Å². The highest BCUT2D eigenvalue weighted by Gasteiger charge is 2.07. The van der Waals surface area contributed by atoms with Crippen LogP contribution in [0.2, 0.25) is 0 Å². The van der Waals surface area contributed by atoms with Gasteiger partial charge in [-0.2, -0.15) is 0 Å². The van der Waals surface area contributed by atoms with Crippen molar-refractivity contribution in [2.45, 2.75) is 32.2 Å². The van der Waals surface area contributed by atoms with Crippen molar-refractivity contribution in [3.05, 3.63) is 65.7 Å². The van der Waals surface area contributed by atoms with Crippen LogP contribution in [0.3, 0.4) is 0 Å². The van der Waals surface area contributed by atoms with Gasteiger partial charge in [-0.1, -0.05) is 55.5 Å². The first-order chi connectivity index (χ1) is 9.79. The Labute approximate surface area is 121 Å². The topological polar surface area (TPSA) is 35.2 Å². The van der Waals surface area contributed by atoms with Gasteiger partial charge in [0.05, 0.1) is 6.61 Å². The molecule has 2 aromatic rings. The van der Waals surface area contributed by atoms with Gasteiger partial charge < -0.3 is 10.5 Å². The number of para-hydroxylation sites is 1. The molecule has 0 aliphatic carbocycles. The Hall–Kier alpha value is -1.80. The van der Waals surface area contributed by atoms with Crippen LogP contribution < -0.4 is 10.5 Å². The molecule has 0 fully saturated rings. The molecule has 0 saturated carbocycles. The zero-order chi connectivity index (χ0) is 14.2. The third kappa shape index (κ3) is 4.39. The fraction of sp³-hybridized carbons (Fsp3) is 0.333. The zero-order valence-corrected chi connectivity index (χ0v) is 12.1. The Kier molecular flexibility index (Phi) is 5.63. The van der Waals surface area contributed by atoms with E-state index < -0.39 is 0 Å². The summed E-state index contributed by atoms with van der Waals surface area (Å²) in [6.45, 7) is 2.81. The molecule has 106 valence electrons. The van der Waals surface area contributed by atoms with E-state index in [1.165, 1.54) is 11.1 Å². The first-order valence-corrected chi connectivity index (χ1v) is 7.29. The summed E-state index contributed by atoms with van der Waals surface area (Å²) >= 11 is 0. The lowest BCUT2D eigenvalue weighted by molar-refractivity contribution is 0.317. The summed E-state index contributed by atoms with van der Waals surface area (Å²) in [6, 6.07) is 18.8. The van der Waals surface area contributed by atoms with E-state index in [1.807, 2.05) is 24.3 Å². The van der Waals surface area contributed by atoms with E-state index >= 15 is 0 Å². The molecule has 0 saturated heterocycles. The van der Waals surface area contributed by atoms with Gasteiger partial charge in [-0.05, 0) is 30.0 Å². The van der Waals surface area contributed by atoms with Gasteiger partial charge in [-0.3, -0.25) is 0 Å². The Bertz CT molecular complexity index is 510. The van der Waals surface area contributed by atoms with Crippen molar-refractivity contribution in [1.82, 2.24) is 0 Å². The maximum absolute atomic E-state index is 6.04. The molecule has 0 aliphatic rings. The Morgan fingerprint density at radius 3 is 2.45 bits per heavy atom. The minimum Gasteiger partial charge on any atom is -0.493 e. The van der Waals surface area contributed by atoms with Gasteiger partial charge in [0, 0.05) is 12.5 Å². The van der Waals surface area contributed by atoms with Gasteiger partial charge in [0.15, 0.2) is 0 Å². The molecule has 0 amide bonds. The fourth-order valence-corrected chi connectivity index (χ4v) is 2.16. The van der Waals surface area contributed by atoms with Gasteiger partial charge in [0.2, 0.25) is 0 Å². The molecule has 0 aromatic heterocycles. The standard InChI is InChI=1S/C18H23NO/c1-2-17(19)14-16-10-6-7-11-18(16)20-13-12-15-8-4-3-5-9-15/h3-11,17H,2,12-14,19H2,1H3. The summed E-state index contributed by atoms with van der Waals surface area (Å²) in [7, 11) is 0. The van der Waals surface area contributed by atoms with Crippen LogP contribution >= 0.6 is 0 Å². The average molecular weight is 269 g/mol. The van der Waals surface area contributed by atoms with E-state index in [9.17, 15) is 0 Å². The number of benzene rings is 2. The molecular formula is C18H23NO. The summed E-state index contributed by atoms with van der Waals surface area (Å²) in [4.78, 5) is 0. The Morgan fingerprint density at radius 2 is 1.70 bits per heavy atom. The molecular weight excluding hydrogens is 246 g/mol. The van der Waals surface area contributed by atoms with E-state index in [1.54, 1.807) is 0 Å². The van der Waals surface area contributed by atoms with Crippen molar-refractivity contribution in [2.75, 3.05) is 6.61 Å². The largest absolute Gasteiger partial charge is 0.493 e. The number of hydrogen-bond donors (Lipinski definition) is 1. The Balaban J connectivity index is 1.92. The van der Waals surface area contributed by atoms with E-state index in [0.29, 0.717) is 6.61 Å². The van der Waals surface area contributed by atoms with Crippen LogP contribution in [0.25, 0.3) is 0 Å². The second kappa shape index (κ2) is 7.71. The highest BCUT2D eigenvalue weighted by molar-refractivity contribution is 5.34. The van der Waals surface area contributed by atoms with E-state index in [-0.39, 0.29) is 6.04 Å². The number of hydrogen-bond acceptors (Lipinski definition) is 2. The van der Waals surface area contributed by atoms with Crippen molar-refractivity contribution in [3.8, 4) is 5.75 Å². The number of nitrogens with two attached hydrogens (primary N) is 1. The third-order valence-corrected chi connectivity index (χ3v) is 3.47. The van der Waals surface area contributed by atoms with E-state index in [0.717, 1.165) is 25.0 Å². The first-order valence-electron chi connectivity index (χ1n) is 7.29. The van der Waals surface area contributed by atoms with Crippen LogP contribution in [0.4, 0.5) is 0 Å². The quantitative estimate of drug-likeness (QED) is 0.833. The summed E-state index contributed by atoms with van der Waals surface area (Å²) in [5.41, 5.74) is 8.54. The van der Waals surface area contributed by atoms with Gasteiger partial charge in [-0.15, -0.1) is 0 Å². The lowest BCUT2D eigenvalue weighted by atomic mass is 10.0. The van der Waals surface area contributed by atoms with E-state index in [2.05, 4.69) is 37.3 Å². The molecule has 1 unspecified atom stereocenters. The molecule has 2 aromatic carbocycles. The molecule has 2 rings (SSSR count). The molecule has 0 radical (unpaired) electrons. The van der Waals surface area contributed by atoms with Crippen molar-refractivity contribution in [1.29, 1.82) is 0 Å². The average Bonchev–Trinajstić information content (AvgIpc) is 2.50. The van der Waals surface area contributed by atoms with Gasteiger partial charge in [0.1, 0.15) is 5.75 Å². The number of rotatable bonds is 7. The second-order valence-corrected chi connectivity index (χ2v) is 5.06. The molecule has 0 spiro atoms. The zero-order valence-electron chi connectivity index (χ0n) is 12.1. The van der Waals surface area contributed by atoms with Crippen LogP contribution in [0.5, 0.6) is 5.75 Å². The molecule has 0 heterocycles. The molecule has 2 nitrogen and oxygen atoms in total. The lowest BCUT2D eigenvalue weighted by Gasteiger charge is -2.14. The molecule has 2 heteroatoms. The van der Waals surface area contributed by atoms with Crippen LogP contribution in [-0.4, -0.2) is 12.6 Å². The maximum atomic E-state index is 6.04. The van der Waals surface area contributed by atoms with Gasteiger partial charge >= 0.3 is 0 Å². The SMILES string of the molecule is CCC(N)Cc1ccccc1OCCc1ccccc1. The second-order valence-electron chi connectivity index (χ2n) is 5.06. The first kappa shape index (κ1) is 14.6. The molecule has 0 bridgehead atoms. The predicted octanol–water partition coefficient (Wildman–Crippen LogP) is 3.59. The van der Waals surface area contributed by atoms with Crippen LogP contribution in [-0.2, 0) is 12.8 Å². The lowest BCUT2D eigenvalue weighted by Crippen LogP contribution is -2.21. The minimum atomic E-state index is 0.203. The summed E-state index contributed by atoms with van der Waals surface area (Å²) in [6.07, 6.45) is 2.78. The summed E-state index contributed by atoms with van der Waals surface area (Å²) in [5.74, 6) is 0.965. The summed E-state index contributed by atoms with van der Waals surface area (Å²) in [5, 5.41) is 0. The molecule has 20 heavy (non-hydrogen) atoms. The van der Waals surface area contributed by atoms with Crippen molar-refractivity contribution in [3.63, 3.8) is 0 Å². The highest BCUT2D eigenvalue weighted by atomic mass is 16.5. The predicted molar refractivity (Wildman–Crippen MR) is 84.1 cm³/mol. The van der Waals surface area contributed by atoms with E-state index in [4.69, 9.17) is 10.5 Å². The fourth-order valence-electron chi connectivity index (χ4n) is 2.16. The highest BCUT2D eigenvalue weighted by Crippen LogP contribution is 2.20. The third-order valence-electron chi connectivity index (χ3n) is 3.47. The monoisotopic (exact) mass is 269 g/mol. The van der Waals surface area contributed by atoms with Crippen molar-refractivity contribution in [2.24, 2.45) is 5.73 Å².